The molecule has 0 radical (unpaired) electrons. The van der Waals surface area contributed by atoms with Gasteiger partial charge < -0.3 is 14.4 Å². The van der Waals surface area contributed by atoms with E-state index in [0.717, 1.165) is 22.4 Å². The van der Waals surface area contributed by atoms with Gasteiger partial charge in [0.2, 0.25) is 11.8 Å². The monoisotopic (exact) mass is 472 g/mol. The van der Waals surface area contributed by atoms with E-state index in [1.54, 1.807) is 17.9 Å². The SMILES string of the molecule is CC(=O)N1CCN(C(=O)CCn2c(Cc3ccc(C)cc3)nc3cc(Cl)c(Cl)cc32)CC1. The quantitative estimate of drug-likeness (QED) is 0.555. The van der Waals surface area contributed by atoms with Crippen LogP contribution in [0.2, 0.25) is 10.0 Å². The molecule has 3 aromatic rings. The Morgan fingerprint density at radius 2 is 1.59 bits per heavy atom. The van der Waals surface area contributed by atoms with Crippen molar-refractivity contribution in [2.24, 2.45) is 0 Å². The number of imidazole rings is 1. The van der Waals surface area contributed by atoms with Gasteiger partial charge in [-0.3, -0.25) is 9.59 Å². The zero-order valence-corrected chi connectivity index (χ0v) is 19.8. The lowest BCUT2D eigenvalue weighted by molar-refractivity contribution is -0.138. The molecule has 32 heavy (non-hydrogen) atoms. The molecule has 0 aliphatic carbocycles. The van der Waals surface area contributed by atoms with Crippen LogP contribution >= 0.6 is 23.2 Å². The molecule has 2 aromatic carbocycles. The summed E-state index contributed by atoms with van der Waals surface area (Å²) in [5, 5.41) is 0.930. The van der Waals surface area contributed by atoms with Crippen molar-refractivity contribution < 1.29 is 9.59 Å². The third-order valence-electron chi connectivity index (χ3n) is 5.98. The molecule has 0 spiro atoms. The number of amides is 2. The number of carbonyl (C=O) groups excluding carboxylic acids is 2. The second-order valence-corrected chi connectivity index (χ2v) is 9.05. The average Bonchev–Trinajstić information content (AvgIpc) is 3.09. The van der Waals surface area contributed by atoms with Gasteiger partial charge in [-0.1, -0.05) is 53.0 Å². The third-order valence-corrected chi connectivity index (χ3v) is 6.70. The largest absolute Gasteiger partial charge is 0.339 e. The molecule has 2 heterocycles. The van der Waals surface area contributed by atoms with E-state index in [2.05, 4.69) is 35.8 Å². The Hall–Kier alpha value is -2.57. The topological polar surface area (TPSA) is 58.4 Å². The van der Waals surface area contributed by atoms with Gasteiger partial charge in [0, 0.05) is 52.5 Å². The fourth-order valence-electron chi connectivity index (χ4n) is 4.08. The van der Waals surface area contributed by atoms with E-state index < -0.39 is 0 Å². The molecule has 1 aromatic heterocycles. The highest BCUT2D eigenvalue weighted by Crippen LogP contribution is 2.29. The number of carbonyl (C=O) groups is 2. The molecule has 0 bridgehead atoms. The van der Waals surface area contributed by atoms with Gasteiger partial charge in [0.1, 0.15) is 5.82 Å². The van der Waals surface area contributed by atoms with Crippen LogP contribution in [0.4, 0.5) is 0 Å². The number of halogens is 2. The number of fused-ring (bicyclic) bond motifs is 1. The van der Waals surface area contributed by atoms with Crippen LogP contribution in [0.15, 0.2) is 36.4 Å². The van der Waals surface area contributed by atoms with E-state index in [-0.39, 0.29) is 11.8 Å². The Balaban J connectivity index is 1.54. The maximum atomic E-state index is 12.9. The summed E-state index contributed by atoms with van der Waals surface area (Å²) in [6.07, 6.45) is 1.00. The molecule has 0 unspecified atom stereocenters. The lowest BCUT2D eigenvalue weighted by atomic mass is 10.1. The van der Waals surface area contributed by atoms with Gasteiger partial charge in [-0.15, -0.1) is 0 Å². The molecule has 1 aliphatic heterocycles. The van der Waals surface area contributed by atoms with Crippen molar-refractivity contribution in [3.05, 3.63) is 63.4 Å². The van der Waals surface area contributed by atoms with Crippen LogP contribution in [0.1, 0.15) is 30.3 Å². The molecule has 4 rings (SSSR count). The first-order chi connectivity index (χ1) is 15.3. The molecular formula is C24H26Cl2N4O2. The number of hydrogen-bond acceptors (Lipinski definition) is 3. The maximum absolute atomic E-state index is 12.9. The summed E-state index contributed by atoms with van der Waals surface area (Å²) < 4.78 is 2.07. The predicted molar refractivity (Wildman–Crippen MR) is 127 cm³/mol. The fourth-order valence-corrected chi connectivity index (χ4v) is 4.40. The summed E-state index contributed by atoms with van der Waals surface area (Å²) in [6.45, 7) is 6.44. The van der Waals surface area contributed by atoms with Gasteiger partial charge in [0.05, 0.1) is 21.1 Å². The molecular weight excluding hydrogens is 447 g/mol. The number of aromatic nitrogens is 2. The summed E-state index contributed by atoms with van der Waals surface area (Å²) >= 11 is 12.5. The van der Waals surface area contributed by atoms with Crippen LogP contribution in [0.25, 0.3) is 11.0 Å². The standard InChI is InChI=1S/C24H26Cl2N4O2/c1-16-3-5-18(6-4-16)13-23-27-21-14-19(25)20(26)15-22(21)30(23)8-7-24(32)29-11-9-28(10-12-29)17(2)31/h3-6,14-15H,7-13H2,1-2H3. The average molecular weight is 473 g/mol. The Morgan fingerprint density at radius 3 is 2.25 bits per heavy atom. The highest BCUT2D eigenvalue weighted by atomic mass is 35.5. The van der Waals surface area contributed by atoms with Crippen molar-refractivity contribution >= 4 is 46.0 Å². The first-order valence-electron chi connectivity index (χ1n) is 10.7. The molecule has 0 N–H and O–H groups in total. The van der Waals surface area contributed by atoms with Crippen LogP contribution in [-0.2, 0) is 22.6 Å². The highest BCUT2D eigenvalue weighted by molar-refractivity contribution is 6.42. The van der Waals surface area contributed by atoms with Gasteiger partial charge in [-0.25, -0.2) is 4.98 Å². The number of piperazine rings is 1. The van der Waals surface area contributed by atoms with Crippen LogP contribution in [0, 0.1) is 6.92 Å². The van der Waals surface area contributed by atoms with E-state index in [1.165, 1.54) is 5.56 Å². The van der Waals surface area contributed by atoms with Crippen LogP contribution in [0.5, 0.6) is 0 Å². The second kappa shape index (κ2) is 9.51. The number of nitrogens with zero attached hydrogens (tertiary/aromatic N) is 4. The van der Waals surface area contributed by atoms with E-state index >= 15 is 0 Å². The molecule has 0 saturated carbocycles. The number of rotatable bonds is 5. The Labute approximate surface area is 197 Å². The minimum absolute atomic E-state index is 0.0540. The summed E-state index contributed by atoms with van der Waals surface area (Å²) in [5.41, 5.74) is 3.99. The molecule has 168 valence electrons. The van der Waals surface area contributed by atoms with Crippen molar-refractivity contribution in [2.45, 2.75) is 33.2 Å². The van der Waals surface area contributed by atoms with Gasteiger partial charge in [0.25, 0.3) is 0 Å². The van der Waals surface area contributed by atoms with Crippen LogP contribution in [0.3, 0.4) is 0 Å². The molecule has 1 fully saturated rings. The number of benzene rings is 2. The lowest BCUT2D eigenvalue weighted by Gasteiger charge is -2.34. The third kappa shape index (κ3) is 4.92. The molecule has 1 aliphatic rings. The van der Waals surface area contributed by atoms with Crippen LogP contribution in [-0.4, -0.2) is 57.3 Å². The van der Waals surface area contributed by atoms with E-state index in [9.17, 15) is 9.59 Å². The summed E-state index contributed by atoms with van der Waals surface area (Å²) in [7, 11) is 0. The van der Waals surface area contributed by atoms with E-state index in [4.69, 9.17) is 28.2 Å². The highest BCUT2D eigenvalue weighted by Gasteiger charge is 2.23. The number of aryl methyl sites for hydroxylation is 2. The van der Waals surface area contributed by atoms with Gasteiger partial charge in [-0.2, -0.15) is 0 Å². The van der Waals surface area contributed by atoms with E-state index in [0.29, 0.717) is 55.6 Å². The zero-order valence-electron chi connectivity index (χ0n) is 18.3. The zero-order chi connectivity index (χ0) is 22.8. The molecule has 1 saturated heterocycles. The van der Waals surface area contributed by atoms with Gasteiger partial charge in [0.15, 0.2) is 0 Å². The smallest absolute Gasteiger partial charge is 0.224 e. The molecule has 6 nitrogen and oxygen atoms in total. The van der Waals surface area contributed by atoms with Gasteiger partial charge in [-0.05, 0) is 24.6 Å². The summed E-state index contributed by atoms with van der Waals surface area (Å²) in [4.78, 5) is 32.8. The second-order valence-electron chi connectivity index (χ2n) is 8.23. The number of hydrogen-bond donors (Lipinski definition) is 0. The molecule has 0 atom stereocenters. The minimum Gasteiger partial charge on any atom is -0.339 e. The molecule has 8 heteroatoms. The van der Waals surface area contributed by atoms with Crippen molar-refractivity contribution in [1.29, 1.82) is 0 Å². The van der Waals surface area contributed by atoms with Crippen molar-refractivity contribution in [3.8, 4) is 0 Å². The van der Waals surface area contributed by atoms with Crippen molar-refractivity contribution in [1.82, 2.24) is 19.4 Å². The van der Waals surface area contributed by atoms with Crippen molar-refractivity contribution in [3.63, 3.8) is 0 Å². The van der Waals surface area contributed by atoms with Crippen molar-refractivity contribution in [2.75, 3.05) is 26.2 Å². The normalized spacial score (nSPS) is 14.2. The fraction of sp³-hybridized carbons (Fsp3) is 0.375. The first kappa shape index (κ1) is 22.6. The summed E-state index contributed by atoms with van der Waals surface area (Å²) in [6, 6.07) is 12.0. The van der Waals surface area contributed by atoms with Gasteiger partial charge >= 0.3 is 0 Å². The lowest BCUT2D eigenvalue weighted by Crippen LogP contribution is -2.50. The molecule has 2 amide bonds. The summed E-state index contributed by atoms with van der Waals surface area (Å²) in [5.74, 6) is 1.01. The Bertz CT molecular complexity index is 1150. The van der Waals surface area contributed by atoms with E-state index in [1.807, 2.05) is 11.0 Å². The predicted octanol–water partition coefficient (Wildman–Crippen LogP) is 4.32. The van der Waals surface area contributed by atoms with Crippen LogP contribution < -0.4 is 0 Å². The maximum Gasteiger partial charge on any atom is 0.224 e. The Kier molecular flexibility index (Phi) is 6.72. The first-order valence-corrected chi connectivity index (χ1v) is 11.5. The Morgan fingerprint density at radius 1 is 0.969 bits per heavy atom. The minimum atomic E-state index is 0.0540.